The van der Waals surface area contributed by atoms with Crippen LogP contribution in [-0.2, 0) is 9.59 Å². The molecule has 1 aromatic heterocycles. The van der Waals surface area contributed by atoms with Crippen LogP contribution in [0.15, 0.2) is 34.9 Å². The second kappa shape index (κ2) is 6.00. The van der Waals surface area contributed by atoms with Crippen LogP contribution in [0, 0.1) is 0 Å². The average Bonchev–Trinajstić information content (AvgIpc) is 2.37. The zero-order chi connectivity index (χ0) is 14.7. The number of nitrogens with zero attached hydrogens (tertiary/aromatic N) is 1. The molecule has 1 heterocycles. The number of benzene rings is 1. The number of nitrogens with one attached hydrogen (secondary N) is 1. The quantitative estimate of drug-likeness (QED) is 0.899. The first-order chi connectivity index (χ1) is 9.49. The summed E-state index contributed by atoms with van der Waals surface area (Å²) in [5.41, 5.74) is 1.38. The van der Waals surface area contributed by atoms with Crippen molar-refractivity contribution < 1.29 is 14.7 Å². The topological polar surface area (TPSA) is 79.3 Å². The third-order valence-corrected chi connectivity index (χ3v) is 3.57. The molecule has 0 bridgehead atoms. The van der Waals surface area contributed by atoms with Gasteiger partial charge in [0.05, 0.1) is 18.0 Å². The van der Waals surface area contributed by atoms with Gasteiger partial charge in [0.25, 0.3) is 0 Å². The Bertz CT molecular complexity index is 657. The molecule has 1 aromatic carbocycles. The zero-order valence-corrected chi connectivity index (χ0v) is 12.3. The summed E-state index contributed by atoms with van der Waals surface area (Å²) in [6, 6.07) is 6.71. The second-order valence-corrected chi connectivity index (χ2v) is 5.24. The van der Waals surface area contributed by atoms with Crippen molar-refractivity contribution in [3.05, 3.63) is 40.5 Å². The molecular weight excluding hydrogens is 324 g/mol. The lowest BCUT2D eigenvalue weighted by Gasteiger charge is -2.18. The number of carboxylic acids is 1. The minimum Gasteiger partial charge on any atom is -0.481 e. The molecule has 1 atom stereocenters. The van der Waals surface area contributed by atoms with Crippen molar-refractivity contribution in [1.82, 2.24) is 10.3 Å². The van der Waals surface area contributed by atoms with Gasteiger partial charge in [0.15, 0.2) is 0 Å². The van der Waals surface area contributed by atoms with Crippen LogP contribution in [-0.4, -0.2) is 22.0 Å². The van der Waals surface area contributed by atoms with Crippen molar-refractivity contribution in [2.45, 2.75) is 19.4 Å². The highest BCUT2D eigenvalue weighted by atomic mass is 79.9. The molecule has 5 nitrogen and oxygen atoms in total. The predicted molar refractivity (Wildman–Crippen MR) is 78.3 cm³/mol. The minimum atomic E-state index is -0.976. The van der Waals surface area contributed by atoms with Crippen LogP contribution in [0.25, 0.3) is 10.9 Å². The van der Waals surface area contributed by atoms with Crippen molar-refractivity contribution in [2.75, 3.05) is 0 Å². The lowest BCUT2D eigenvalue weighted by atomic mass is 10.00. The molecule has 0 saturated carbocycles. The SMILES string of the molecule is CC(=O)NC(CC(=O)O)c1ccc(Br)c2cccnc12. The van der Waals surface area contributed by atoms with Gasteiger partial charge < -0.3 is 10.4 Å². The van der Waals surface area contributed by atoms with Gasteiger partial charge in [-0.25, -0.2) is 0 Å². The maximum atomic E-state index is 11.3. The van der Waals surface area contributed by atoms with Crippen LogP contribution in [0.2, 0.25) is 0 Å². The van der Waals surface area contributed by atoms with Gasteiger partial charge >= 0.3 is 5.97 Å². The van der Waals surface area contributed by atoms with Crippen molar-refractivity contribution in [2.24, 2.45) is 0 Å². The molecule has 0 fully saturated rings. The molecule has 0 radical (unpaired) electrons. The van der Waals surface area contributed by atoms with E-state index in [4.69, 9.17) is 5.11 Å². The van der Waals surface area contributed by atoms with Gasteiger partial charge in [0.2, 0.25) is 5.91 Å². The molecule has 104 valence electrons. The van der Waals surface area contributed by atoms with Crippen LogP contribution in [0.1, 0.15) is 24.9 Å². The lowest BCUT2D eigenvalue weighted by molar-refractivity contribution is -0.137. The first kappa shape index (κ1) is 14.5. The Morgan fingerprint density at radius 1 is 1.40 bits per heavy atom. The number of aliphatic carboxylic acids is 1. The summed E-state index contributed by atoms with van der Waals surface area (Å²) >= 11 is 3.44. The smallest absolute Gasteiger partial charge is 0.305 e. The van der Waals surface area contributed by atoms with E-state index in [0.717, 1.165) is 9.86 Å². The number of pyridine rings is 1. The summed E-state index contributed by atoms with van der Waals surface area (Å²) in [6.07, 6.45) is 1.46. The van der Waals surface area contributed by atoms with E-state index in [1.807, 2.05) is 18.2 Å². The van der Waals surface area contributed by atoms with Gasteiger partial charge in [-0.2, -0.15) is 0 Å². The molecule has 2 rings (SSSR count). The van der Waals surface area contributed by atoms with Gasteiger partial charge in [-0.1, -0.05) is 28.1 Å². The molecule has 6 heteroatoms. The van der Waals surface area contributed by atoms with E-state index in [0.29, 0.717) is 11.1 Å². The Morgan fingerprint density at radius 3 is 2.80 bits per heavy atom. The molecule has 2 aromatic rings. The summed E-state index contributed by atoms with van der Waals surface area (Å²) in [5.74, 6) is -1.25. The summed E-state index contributed by atoms with van der Waals surface area (Å²) in [5, 5.41) is 12.5. The number of rotatable bonds is 4. The van der Waals surface area contributed by atoms with Crippen molar-refractivity contribution in [3.63, 3.8) is 0 Å². The molecule has 2 N–H and O–H groups in total. The van der Waals surface area contributed by atoms with Crippen LogP contribution in [0.3, 0.4) is 0 Å². The molecular formula is C14H13BrN2O3. The van der Waals surface area contributed by atoms with Crippen molar-refractivity contribution >= 4 is 38.7 Å². The fourth-order valence-electron chi connectivity index (χ4n) is 2.10. The Balaban J connectivity index is 2.55. The number of carboxylic acid groups (broad SMARTS) is 1. The Hall–Kier alpha value is -1.95. The zero-order valence-electron chi connectivity index (χ0n) is 10.8. The lowest BCUT2D eigenvalue weighted by Crippen LogP contribution is -2.28. The van der Waals surface area contributed by atoms with Crippen LogP contribution < -0.4 is 5.32 Å². The largest absolute Gasteiger partial charge is 0.481 e. The van der Waals surface area contributed by atoms with Gasteiger partial charge in [-0.3, -0.25) is 14.6 Å². The van der Waals surface area contributed by atoms with Crippen LogP contribution in [0.5, 0.6) is 0 Å². The predicted octanol–water partition coefficient (Wildman–Crippen LogP) is 2.65. The minimum absolute atomic E-state index is 0.188. The fraction of sp³-hybridized carbons (Fsp3) is 0.214. The van der Waals surface area contributed by atoms with E-state index in [1.54, 1.807) is 12.3 Å². The first-order valence-electron chi connectivity index (χ1n) is 6.01. The average molecular weight is 337 g/mol. The highest BCUT2D eigenvalue weighted by Gasteiger charge is 2.20. The first-order valence-corrected chi connectivity index (χ1v) is 6.80. The fourth-order valence-corrected chi connectivity index (χ4v) is 2.55. The molecule has 0 saturated heterocycles. The number of hydrogen-bond acceptors (Lipinski definition) is 3. The summed E-state index contributed by atoms with van der Waals surface area (Å²) < 4.78 is 0.876. The van der Waals surface area contributed by atoms with E-state index in [2.05, 4.69) is 26.2 Å². The Kier molecular flexibility index (Phi) is 4.34. The Morgan fingerprint density at radius 2 is 2.15 bits per heavy atom. The molecule has 1 amide bonds. The number of carbonyl (C=O) groups is 2. The maximum absolute atomic E-state index is 11.3. The Labute approximate surface area is 124 Å². The van der Waals surface area contributed by atoms with Crippen LogP contribution >= 0.6 is 15.9 Å². The third-order valence-electron chi connectivity index (χ3n) is 2.88. The molecule has 1 unspecified atom stereocenters. The van der Waals surface area contributed by atoms with Crippen molar-refractivity contribution in [1.29, 1.82) is 0 Å². The maximum Gasteiger partial charge on any atom is 0.305 e. The van der Waals surface area contributed by atoms with Gasteiger partial charge in [-0.05, 0) is 12.1 Å². The molecule has 0 aliphatic heterocycles. The number of hydrogen-bond donors (Lipinski definition) is 2. The van der Waals surface area contributed by atoms with E-state index in [9.17, 15) is 9.59 Å². The monoisotopic (exact) mass is 336 g/mol. The van der Waals surface area contributed by atoms with Gasteiger partial charge in [0, 0.05) is 28.5 Å². The van der Waals surface area contributed by atoms with Crippen molar-refractivity contribution in [3.8, 4) is 0 Å². The van der Waals surface area contributed by atoms with Gasteiger partial charge in [0.1, 0.15) is 0 Å². The van der Waals surface area contributed by atoms with Gasteiger partial charge in [-0.15, -0.1) is 0 Å². The van der Waals surface area contributed by atoms with Crippen LogP contribution in [0.4, 0.5) is 0 Å². The second-order valence-electron chi connectivity index (χ2n) is 4.39. The number of carbonyl (C=O) groups excluding carboxylic acids is 1. The standard InChI is InChI=1S/C14H13BrN2O3/c1-8(18)17-12(7-13(19)20)10-4-5-11(15)9-3-2-6-16-14(9)10/h2-6,12H,7H2,1H3,(H,17,18)(H,19,20). The van der Waals surface area contributed by atoms with E-state index in [1.165, 1.54) is 6.92 Å². The number of aromatic nitrogens is 1. The van der Waals surface area contributed by atoms with E-state index >= 15 is 0 Å². The highest BCUT2D eigenvalue weighted by Crippen LogP contribution is 2.30. The molecule has 0 spiro atoms. The number of amides is 1. The molecule has 0 aliphatic carbocycles. The van der Waals surface area contributed by atoms with E-state index in [-0.39, 0.29) is 12.3 Å². The molecule has 20 heavy (non-hydrogen) atoms. The summed E-state index contributed by atoms with van der Waals surface area (Å²) in [6.45, 7) is 1.36. The number of halogens is 1. The normalized spacial score (nSPS) is 12.1. The highest BCUT2D eigenvalue weighted by molar-refractivity contribution is 9.10. The molecule has 0 aliphatic rings. The third kappa shape index (κ3) is 3.14. The van der Waals surface area contributed by atoms with E-state index < -0.39 is 12.0 Å². The summed E-state index contributed by atoms with van der Waals surface area (Å²) in [4.78, 5) is 26.6. The summed E-state index contributed by atoms with van der Waals surface area (Å²) in [7, 11) is 0. The number of fused-ring (bicyclic) bond motifs is 1.